The van der Waals surface area contributed by atoms with Gasteiger partial charge in [0.15, 0.2) is 0 Å². The molecule has 0 unspecified atom stereocenters. The van der Waals surface area contributed by atoms with Crippen LogP contribution in [0.2, 0.25) is 5.02 Å². The molecule has 0 saturated heterocycles. The van der Waals surface area contributed by atoms with Gasteiger partial charge in [-0.1, -0.05) is 48.0 Å². The number of hydrogen-bond donors (Lipinski definition) is 2. The van der Waals surface area contributed by atoms with Crippen LogP contribution in [-0.4, -0.2) is 5.11 Å². The SMILES string of the molecule is C[C@H](NCc1c(O)cccc1Cl)c1ccccc1. The standard InChI is InChI=1S/C15H16ClNO/c1-11(12-6-3-2-4-7-12)17-10-13-14(16)8-5-9-15(13)18/h2-9,11,17-18H,10H2,1H3/t11-/m0/s1. The van der Waals surface area contributed by atoms with Crippen LogP contribution in [0.5, 0.6) is 5.75 Å². The predicted molar refractivity (Wildman–Crippen MR) is 74.8 cm³/mol. The van der Waals surface area contributed by atoms with Gasteiger partial charge in [0, 0.05) is 23.2 Å². The van der Waals surface area contributed by atoms with Gasteiger partial charge in [0.2, 0.25) is 0 Å². The maximum atomic E-state index is 9.75. The third-order valence-electron chi connectivity index (χ3n) is 2.98. The van der Waals surface area contributed by atoms with Gasteiger partial charge in [-0.05, 0) is 24.6 Å². The zero-order chi connectivity index (χ0) is 13.0. The molecule has 3 heteroatoms. The lowest BCUT2D eigenvalue weighted by atomic mass is 10.1. The first-order chi connectivity index (χ1) is 8.68. The van der Waals surface area contributed by atoms with Crippen molar-refractivity contribution in [1.29, 1.82) is 0 Å². The van der Waals surface area contributed by atoms with E-state index in [9.17, 15) is 5.11 Å². The fraction of sp³-hybridized carbons (Fsp3) is 0.200. The molecule has 0 bridgehead atoms. The predicted octanol–water partition coefficient (Wildman–Crippen LogP) is 3.90. The van der Waals surface area contributed by atoms with Crippen LogP contribution in [0.3, 0.4) is 0 Å². The van der Waals surface area contributed by atoms with E-state index in [1.807, 2.05) is 18.2 Å². The van der Waals surface area contributed by atoms with Gasteiger partial charge >= 0.3 is 0 Å². The lowest BCUT2D eigenvalue weighted by molar-refractivity contribution is 0.460. The molecular formula is C15H16ClNO. The van der Waals surface area contributed by atoms with Crippen molar-refractivity contribution in [3.63, 3.8) is 0 Å². The Morgan fingerprint density at radius 1 is 1.11 bits per heavy atom. The molecule has 2 aromatic rings. The molecule has 0 aliphatic heterocycles. The van der Waals surface area contributed by atoms with Crippen molar-refractivity contribution in [2.75, 3.05) is 0 Å². The summed E-state index contributed by atoms with van der Waals surface area (Å²) in [5.74, 6) is 0.232. The molecular weight excluding hydrogens is 246 g/mol. The van der Waals surface area contributed by atoms with Crippen molar-refractivity contribution in [3.8, 4) is 5.75 Å². The summed E-state index contributed by atoms with van der Waals surface area (Å²) in [6.07, 6.45) is 0. The molecule has 1 atom stereocenters. The Labute approximate surface area is 112 Å². The minimum atomic E-state index is 0.210. The Kier molecular flexibility index (Phi) is 4.24. The Morgan fingerprint density at radius 3 is 2.50 bits per heavy atom. The zero-order valence-electron chi connectivity index (χ0n) is 10.2. The van der Waals surface area contributed by atoms with Gasteiger partial charge in [0.1, 0.15) is 5.75 Å². The molecule has 2 aromatic carbocycles. The van der Waals surface area contributed by atoms with E-state index in [-0.39, 0.29) is 11.8 Å². The minimum absolute atomic E-state index is 0.210. The Balaban J connectivity index is 2.04. The quantitative estimate of drug-likeness (QED) is 0.875. The largest absolute Gasteiger partial charge is 0.508 e. The van der Waals surface area contributed by atoms with E-state index in [0.29, 0.717) is 11.6 Å². The topological polar surface area (TPSA) is 32.3 Å². The number of hydrogen-bond acceptors (Lipinski definition) is 2. The lowest BCUT2D eigenvalue weighted by Gasteiger charge is -2.15. The van der Waals surface area contributed by atoms with Gasteiger partial charge in [-0.3, -0.25) is 0 Å². The second kappa shape index (κ2) is 5.89. The zero-order valence-corrected chi connectivity index (χ0v) is 11.0. The molecule has 0 aliphatic carbocycles. The van der Waals surface area contributed by atoms with Crippen molar-refractivity contribution in [2.24, 2.45) is 0 Å². The van der Waals surface area contributed by atoms with Crippen molar-refractivity contribution in [2.45, 2.75) is 19.5 Å². The smallest absolute Gasteiger partial charge is 0.121 e. The van der Waals surface area contributed by atoms with Crippen LogP contribution in [0.1, 0.15) is 24.1 Å². The van der Waals surface area contributed by atoms with Gasteiger partial charge in [0.25, 0.3) is 0 Å². The summed E-state index contributed by atoms with van der Waals surface area (Å²) in [5.41, 5.74) is 1.95. The minimum Gasteiger partial charge on any atom is -0.508 e. The first-order valence-corrected chi connectivity index (χ1v) is 6.31. The Bertz CT molecular complexity index is 493. The second-order valence-corrected chi connectivity index (χ2v) is 4.66. The van der Waals surface area contributed by atoms with Crippen molar-refractivity contribution < 1.29 is 5.11 Å². The third-order valence-corrected chi connectivity index (χ3v) is 3.33. The van der Waals surface area contributed by atoms with Gasteiger partial charge in [-0.25, -0.2) is 0 Å². The first-order valence-electron chi connectivity index (χ1n) is 5.93. The van der Waals surface area contributed by atoms with E-state index < -0.39 is 0 Å². The Morgan fingerprint density at radius 2 is 1.83 bits per heavy atom. The van der Waals surface area contributed by atoms with Gasteiger partial charge in [-0.15, -0.1) is 0 Å². The highest BCUT2D eigenvalue weighted by molar-refractivity contribution is 6.31. The normalized spacial score (nSPS) is 12.3. The van der Waals surface area contributed by atoms with E-state index in [0.717, 1.165) is 5.56 Å². The number of halogens is 1. The highest BCUT2D eigenvalue weighted by Crippen LogP contribution is 2.25. The number of rotatable bonds is 4. The van der Waals surface area contributed by atoms with Crippen molar-refractivity contribution in [1.82, 2.24) is 5.32 Å². The van der Waals surface area contributed by atoms with Crippen molar-refractivity contribution in [3.05, 3.63) is 64.7 Å². The average Bonchev–Trinajstić information content (AvgIpc) is 2.39. The van der Waals surface area contributed by atoms with Crippen LogP contribution in [0.25, 0.3) is 0 Å². The van der Waals surface area contributed by atoms with E-state index in [1.165, 1.54) is 5.56 Å². The summed E-state index contributed by atoms with van der Waals surface area (Å²) in [6, 6.07) is 15.6. The fourth-order valence-corrected chi connectivity index (χ4v) is 2.07. The van der Waals surface area contributed by atoms with Crippen molar-refractivity contribution >= 4 is 11.6 Å². The fourth-order valence-electron chi connectivity index (χ4n) is 1.84. The molecule has 0 heterocycles. The average molecular weight is 262 g/mol. The molecule has 0 aliphatic rings. The number of nitrogens with one attached hydrogen (secondary N) is 1. The maximum absolute atomic E-state index is 9.75. The third kappa shape index (κ3) is 3.03. The molecule has 2 rings (SSSR count). The van der Waals surface area contributed by atoms with E-state index in [1.54, 1.807) is 18.2 Å². The first kappa shape index (κ1) is 12.9. The molecule has 0 radical (unpaired) electrons. The lowest BCUT2D eigenvalue weighted by Crippen LogP contribution is -2.18. The highest BCUT2D eigenvalue weighted by Gasteiger charge is 2.08. The molecule has 0 amide bonds. The number of phenols is 1. The van der Waals surface area contributed by atoms with Gasteiger partial charge in [-0.2, -0.15) is 0 Å². The van der Waals surface area contributed by atoms with Crippen LogP contribution >= 0.6 is 11.6 Å². The van der Waals surface area contributed by atoms with E-state index in [2.05, 4.69) is 24.4 Å². The summed E-state index contributed by atoms with van der Waals surface area (Å²) in [7, 11) is 0. The summed E-state index contributed by atoms with van der Waals surface area (Å²) in [5, 5.41) is 13.7. The molecule has 2 N–H and O–H groups in total. The molecule has 0 saturated carbocycles. The maximum Gasteiger partial charge on any atom is 0.121 e. The molecule has 0 spiro atoms. The Hall–Kier alpha value is -1.51. The molecule has 2 nitrogen and oxygen atoms in total. The molecule has 0 aromatic heterocycles. The van der Waals surface area contributed by atoms with E-state index in [4.69, 9.17) is 11.6 Å². The highest BCUT2D eigenvalue weighted by atomic mass is 35.5. The molecule has 0 fully saturated rings. The number of benzene rings is 2. The summed E-state index contributed by atoms with van der Waals surface area (Å²) < 4.78 is 0. The van der Waals surface area contributed by atoms with Crippen LogP contribution in [-0.2, 0) is 6.54 Å². The van der Waals surface area contributed by atoms with Crippen LogP contribution < -0.4 is 5.32 Å². The monoisotopic (exact) mass is 261 g/mol. The van der Waals surface area contributed by atoms with Gasteiger partial charge in [0.05, 0.1) is 0 Å². The molecule has 18 heavy (non-hydrogen) atoms. The summed E-state index contributed by atoms with van der Waals surface area (Å²) in [6.45, 7) is 2.63. The van der Waals surface area contributed by atoms with Crippen LogP contribution in [0.4, 0.5) is 0 Å². The summed E-state index contributed by atoms with van der Waals surface area (Å²) in [4.78, 5) is 0. The second-order valence-electron chi connectivity index (χ2n) is 4.25. The summed E-state index contributed by atoms with van der Waals surface area (Å²) >= 11 is 6.06. The molecule has 94 valence electrons. The van der Waals surface area contributed by atoms with Crippen LogP contribution in [0.15, 0.2) is 48.5 Å². The van der Waals surface area contributed by atoms with Crippen LogP contribution in [0, 0.1) is 0 Å². The van der Waals surface area contributed by atoms with E-state index >= 15 is 0 Å². The number of aromatic hydroxyl groups is 1. The number of phenolic OH excluding ortho intramolecular Hbond substituents is 1. The van der Waals surface area contributed by atoms with Gasteiger partial charge < -0.3 is 10.4 Å².